The molecule has 100 valence electrons. The van der Waals surface area contributed by atoms with Crippen molar-refractivity contribution < 1.29 is 0 Å². The van der Waals surface area contributed by atoms with Crippen LogP contribution in [-0.2, 0) is 0 Å². The van der Waals surface area contributed by atoms with Gasteiger partial charge < -0.3 is 16.0 Å². The molecule has 0 bridgehead atoms. The van der Waals surface area contributed by atoms with Crippen molar-refractivity contribution >= 4 is 27.4 Å². The van der Waals surface area contributed by atoms with Gasteiger partial charge in [0.25, 0.3) is 0 Å². The Labute approximate surface area is 117 Å². The molecule has 18 heavy (non-hydrogen) atoms. The van der Waals surface area contributed by atoms with E-state index in [-0.39, 0.29) is 0 Å². The molecule has 1 aromatic heterocycles. The summed E-state index contributed by atoms with van der Waals surface area (Å²) in [6.07, 6.45) is 5.72. The SMILES string of the molecule is CC(CN1CCCCC1)Nc1ncc(N)cc1Br. The Hall–Kier alpha value is -0.810. The highest BCUT2D eigenvalue weighted by Gasteiger charge is 2.14. The first-order valence-corrected chi connectivity index (χ1v) is 7.34. The highest BCUT2D eigenvalue weighted by atomic mass is 79.9. The van der Waals surface area contributed by atoms with E-state index in [0.29, 0.717) is 11.7 Å². The fourth-order valence-electron chi connectivity index (χ4n) is 2.37. The van der Waals surface area contributed by atoms with E-state index in [1.807, 2.05) is 6.07 Å². The Morgan fingerprint density at radius 3 is 2.83 bits per heavy atom. The fraction of sp³-hybridized carbons (Fsp3) is 0.615. The largest absolute Gasteiger partial charge is 0.397 e. The van der Waals surface area contributed by atoms with Crippen LogP contribution >= 0.6 is 15.9 Å². The second-order valence-electron chi connectivity index (χ2n) is 5.01. The number of hydrogen-bond acceptors (Lipinski definition) is 4. The monoisotopic (exact) mass is 312 g/mol. The number of halogens is 1. The standard InChI is InChI=1S/C13H21BrN4/c1-10(9-18-5-3-2-4-6-18)17-13-12(14)7-11(15)8-16-13/h7-8,10H,2-6,9,15H2,1H3,(H,16,17). The van der Waals surface area contributed by atoms with Gasteiger partial charge in [0.15, 0.2) is 0 Å². The maximum Gasteiger partial charge on any atom is 0.140 e. The molecule has 2 heterocycles. The molecule has 0 saturated carbocycles. The van der Waals surface area contributed by atoms with Crippen LogP contribution in [0.5, 0.6) is 0 Å². The molecule has 0 spiro atoms. The predicted molar refractivity (Wildman–Crippen MR) is 79.7 cm³/mol. The van der Waals surface area contributed by atoms with Crippen LogP contribution < -0.4 is 11.1 Å². The molecular formula is C13H21BrN4. The summed E-state index contributed by atoms with van der Waals surface area (Å²) in [5.74, 6) is 0.869. The quantitative estimate of drug-likeness (QED) is 0.897. The molecule has 3 N–H and O–H groups in total. The van der Waals surface area contributed by atoms with Crippen LogP contribution in [0.3, 0.4) is 0 Å². The summed E-state index contributed by atoms with van der Waals surface area (Å²) in [6, 6.07) is 2.26. The van der Waals surface area contributed by atoms with Gasteiger partial charge in [-0.2, -0.15) is 0 Å². The highest BCUT2D eigenvalue weighted by molar-refractivity contribution is 9.10. The summed E-state index contributed by atoms with van der Waals surface area (Å²) in [7, 11) is 0. The number of rotatable bonds is 4. The maximum absolute atomic E-state index is 5.68. The molecule has 1 unspecified atom stereocenters. The van der Waals surface area contributed by atoms with E-state index in [1.54, 1.807) is 6.20 Å². The first-order valence-electron chi connectivity index (χ1n) is 6.55. The molecule has 4 nitrogen and oxygen atoms in total. The molecule has 5 heteroatoms. The number of nitrogen functional groups attached to an aromatic ring is 1. The summed E-state index contributed by atoms with van der Waals surface area (Å²) >= 11 is 3.48. The highest BCUT2D eigenvalue weighted by Crippen LogP contribution is 2.22. The van der Waals surface area contributed by atoms with Crippen molar-refractivity contribution in [3.05, 3.63) is 16.7 Å². The average Bonchev–Trinajstić information content (AvgIpc) is 2.34. The fourth-order valence-corrected chi connectivity index (χ4v) is 2.85. The van der Waals surface area contributed by atoms with Crippen molar-refractivity contribution in [2.24, 2.45) is 0 Å². The first-order chi connectivity index (χ1) is 8.65. The molecule has 1 atom stereocenters. The minimum Gasteiger partial charge on any atom is -0.397 e. The van der Waals surface area contributed by atoms with Gasteiger partial charge >= 0.3 is 0 Å². The Morgan fingerprint density at radius 1 is 1.44 bits per heavy atom. The maximum atomic E-state index is 5.68. The lowest BCUT2D eigenvalue weighted by atomic mass is 10.1. The predicted octanol–water partition coefficient (Wildman–Crippen LogP) is 2.71. The molecule has 2 rings (SSSR count). The van der Waals surface area contributed by atoms with Gasteiger partial charge in [-0.3, -0.25) is 0 Å². The molecule has 1 saturated heterocycles. The molecule has 0 amide bonds. The van der Waals surface area contributed by atoms with Crippen LogP contribution in [0.2, 0.25) is 0 Å². The van der Waals surface area contributed by atoms with Crippen LogP contribution in [0.25, 0.3) is 0 Å². The lowest BCUT2D eigenvalue weighted by Gasteiger charge is -2.29. The van der Waals surface area contributed by atoms with Gasteiger partial charge in [0.2, 0.25) is 0 Å². The van der Waals surface area contributed by atoms with Crippen LogP contribution in [0.1, 0.15) is 26.2 Å². The van der Waals surface area contributed by atoms with Crippen molar-refractivity contribution in [2.45, 2.75) is 32.2 Å². The van der Waals surface area contributed by atoms with Gasteiger partial charge in [0.1, 0.15) is 5.82 Å². The molecular weight excluding hydrogens is 292 g/mol. The molecule has 0 aliphatic carbocycles. The Morgan fingerprint density at radius 2 is 2.17 bits per heavy atom. The second-order valence-corrected chi connectivity index (χ2v) is 5.86. The number of aromatic nitrogens is 1. The minimum absolute atomic E-state index is 0.385. The number of piperidine rings is 1. The van der Waals surface area contributed by atoms with Crippen molar-refractivity contribution in [1.82, 2.24) is 9.88 Å². The average molecular weight is 313 g/mol. The van der Waals surface area contributed by atoms with E-state index in [0.717, 1.165) is 16.8 Å². The van der Waals surface area contributed by atoms with Crippen LogP contribution in [0.4, 0.5) is 11.5 Å². The number of hydrogen-bond donors (Lipinski definition) is 2. The molecule has 1 aliphatic rings. The number of anilines is 2. The third kappa shape index (κ3) is 3.85. The summed E-state index contributed by atoms with van der Waals surface area (Å²) < 4.78 is 0.924. The summed E-state index contributed by atoms with van der Waals surface area (Å²) in [5, 5.41) is 3.43. The molecule has 1 aromatic rings. The minimum atomic E-state index is 0.385. The zero-order chi connectivity index (χ0) is 13.0. The van der Waals surface area contributed by atoms with Gasteiger partial charge in [-0.15, -0.1) is 0 Å². The Bertz CT molecular complexity index is 391. The zero-order valence-electron chi connectivity index (χ0n) is 10.8. The molecule has 0 aromatic carbocycles. The lowest BCUT2D eigenvalue weighted by Crippen LogP contribution is -2.38. The number of nitrogens with one attached hydrogen (secondary N) is 1. The van der Waals surface area contributed by atoms with E-state index < -0.39 is 0 Å². The van der Waals surface area contributed by atoms with Crippen molar-refractivity contribution in [1.29, 1.82) is 0 Å². The van der Waals surface area contributed by atoms with Gasteiger partial charge in [0.05, 0.1) is 16.4 Å². The Kier molecular flexibility index (Phi) is 4.83. The summed E-state index contributed by atoms with van der Waals surface area (Å²) in [5.41, 5.74) is 6.36. The van der Waals surface area contributed by atoms with Crippen LogP contribution in [-0.4, -0.2) is 35.6 Å². The van der Waals surface area contributed by atoms with Crippen molar-refractivity contribution in [2.75, 3.05) is 30.7 Å². The van der Waals surface area contributed by atoms with Crippen molar-refractivity contribution in [3.63, 3.8) is 0 Å². The van der Waals surface area contributed by atoms with Gasteiger partial charge in [-0.05, 0) is 54.9 Å². The lowest BCUT2D eigenvalue weighted by molar-refractivity contribution is 0.223. The third-order valence-corrected chi connectivity index (χ3v) is 3.83. The molecule has 1 aliphatic heterocycles. The van der Waals surface area contributed by atoms with E-state index in [9.17, 15) is 0 Å². The van der Waals surface area contributed by atoms with Gasteiger partial charge in [-0.1, -0.05) is 6.42 Å². The Balaban J connectivity index is 1.87. The summed E-state index contributed by atoms with van der Waals surface area (Å²) in [6.45, 7) is 5.71. The van der Waals surface area contributed by atoms with Gasteiger partial charge in [0, 0.05) is 12.6 Å². The van der Waals surface area contributed by atoms with Crippen molar-refractivity contribution in [3.8, 4) is 0 Å². The van der Waals surface area contributed by atoms with E-state index >= 15 is 0 Å². The topological polar surface area (TPSA) is 54.2 Å². The van der Waals surface area contributed by atoms with E-state index in [2.05, 4.69) is 38.1 Å². The third-order valence-electron chi connectivity index (χ3n) is 3.23. The smallest absolute Gasteiger partial charge is 0.140 e. The van der Waals surface area contributed by atoms with E-state index in [1.165, 1.54) is 32.4 Å². The number of likely N-dealkylation sites (tertiary alicyclic amines) is 1. The first kappa shape index (κ1) is 13.6. The number of pyridine rings is 1. The number of nitrogens with zero attached hydrogens (tertiary/aromatic N) is 2. The molecule has 1 fully saturated rings. The van der Waals surface area contributed by atoms with Crippen LogP contribution in [0.15, 0.2) is 16.7 Å². The molecule has 0 radical (unpaired) electrons. The number of nitrogens with two attached hydrogens (primary N) is 1. The van der Waals surface area contributed by atoms with E-state index in [4.69, 9.17) is 5.73 Å². The normalized spacial score (nSPS) is 18.6. The summed E-state index contributed by atoms with van der Waals surface area (Å²) in [4.78, 5) is 6.83. The zero-order valence-corrected chi connectivity index (χ0v) is 12.4. The second kappa shape index (κ2) is 6.38. The van der Waals surface area contributed by atoms with Crippen LogP contribution in [0, 0.1) is 0 Å². The van der Waals surface area contributed by atoms with Gasteiger partial charge in [-0.25, -0.2) is 4.98 Å².